The maximum Gasteiger partial charge on any atom is -0.000000767 e. The summed E-state index contributed by atoms with van der Waals surface area (Å²) < 4.78 is 0. The van der Waals surface area contributed by atoms with Gasteiger partial charge < -0.3 is 0 Å². The summed E-state index contributed by atoms with van der Waals surface area (Å²) in [5.41, 5.74) is 0. The fourth-order valence-electron chi connectivity index (χ4n) is 31.4. The quantitative estimate of drug-likeness (QED) is 0.105. The van der Waals surface area contributed by atoms with Crippen LogP contribution in [0.3, 0.4) is 0 Å². The Hall–Kier alpha value is -14.8. The molecule has 0 heteroatoms. The van der Waals surface area contributed by atoms with Crippen LogP contribution < -0.4 is 0 Å². The summed E-state index contributed by atoms with van der Waals surface area (Å²) in [6.45, 7) is 0. The van der Waals surface area contributed by atoms with Gasteiger partial charge in [0.25, 0.3) is 0 Å². The van der Waals surface area contributed by atoms with E-state index in [0.717, 1.165) is 0 Å². The van der Waals surface area contributed by atoms with Gasteiger partial charge in [0.15, 0.2) is 0 Å². The largest absolute Gasteiger partial charge is 0.0610 e. The number of hydrogen-bond donors (Lipinski definition) is 0. The monoisotopic (exact) mass is 1400 g/mol. The summed E-state index contributed by atoms with van der Waals surface area (Å²) in [5, 5.41) is 115. The zero-order valence-electron chi connectivity index (χ0n) is 59.6. The molecule has 0 spiro atoms. The van der Waals surface area contributed by atoms with Gasteiger partial charge in [-0.1, -0.05) is 206 Å². The second-order valence-electron chi connectivity index (χ2n) is 36.9. The average molecular weight is 1400 g/mol. The molecule has 0 N–H and O–H groups in total. The number of hydrogen-bond acceptors (Lipinski definition) is 0. The predicted molar refractivity (Wildman–Crippen MR) is 498 cm³/mol. The third-order valence-electron chi connectivity index (χ3n) is 34.1. The summed E-state index contributed by atoms with van der Waals surface area (Å²) in [4.78, 5) is 0. The van der Waals surface area contributed by atoms with Crippen LogP contribution in [0.2, 0.25) is 0 Å². The predicted octanol–water partition coefficient (Wildman–Crippen LogP) is 33.2. The van der Waals surface area contributed by atoms with Crippen molar-refractivity contribution < 1.29 is 0 Å². The number of benzene rings is 41. The van der Waals surface area contributed by atoms with Crippen molar-refractivity contribution in [3.8, 4) is 0 Å². The molecule has 114 heavy (non-hydrogen) atoms. The van der Waals surface area contributed by atoms with E-state index in [4.69, 9.17) is 0 Å². The number of rotatable bonds is 0. The molecule has 0 atom stereocenters. The summed E-state index contributed by atoms with van der Waals surface area (Å²) in [7, 11) is 0. The van der Waals surface area contributed by atoms with Gasteiger partial charge in [-0.15, -0.1) is 0 Å². The molecule has 0 heterocycles. The van der Waals surface area contributed by atoms with E-state index >= 15 is 0 Å². The summed E-state index contributed by atoms with van der Waals surface area (Å²) in [5.74, 6) is 0. The van der Waals surface area contributed by atoms with Gasteiger partial charge in [-0.2, -0.15) is 0 Å². The van der Waals surface area contributed by atoms with E-state index in [1.54, 1.807) is 0 Å². The van der Waals surface area contributed by atoms with Crippen molar-refractivity contribution in [2.24, 2.45) is 0 Å². The summed E-state index contributed by atoms with van der Waals surface area (Å²) in [6.07, 6.45) is 0. The smallest absolute Gasteiger partial charge is 0.000000767 e. The number of fused-ring (bicyclic) bond motifs is 14. The first kappa shape index (κ1) is 49.4. The van der Waals surface area contributed by atoms with Crippen molar-refractivity contribution in [2.45, 2.75) is 0 Å². The second kappa shape index (κ2) is 13.8. The van der Waals surface area contributed by atoms with E-state index in [2.05, 4.69) is 206 Å². The van der Waals surface area contributed by atoms with Gasteiger partial charge in [-0.05, 0) is 431 Å². The zero-order valence-corrected chi connectivity index (χ0v) is 59.6. The van der Waals surface area contributed by atoms with Gasteiger partial charge in [0.05, 0.1) is 0 Å². The van der Waals surface area contributed by atoms with Crippen LogP contribution in [0.25, 0.3) is 431 Å². The van der Waals surface area contributed by atoms with Crippen LogP contribution in [-0.2, 0) is 0 Å². The molecule has 0 unspecified atom stereocenters. The standard InChI is InChI=1S/C114H34/c1-7-35-39-11-3-15-43-47-19-23-51-55-27-31-59-61-33-29-57-53-25-21-49-45-17-5-13-41-37-9-2-10-38-42-14-6-18-46-50-22-26-54-58-30-34-62-60-32-28-56-52-24-20-48-44-16-4-12-40-36(8-1)63(35)85-87(65(39)43)91-69(47)73(51)95-99-77(55)81(59)103-105-83(61)79(57)101-97-75(53)71(49)93-89(67(41)45)86(64(37)38)90(68(42)46)94-72(50)76(54)98(110(97)108(93)94)102-80(58)84(62)106(114(105)112(101)102)104-82(60)78(56)100(111(99)113(103)104)96-74(52)70(48)92(88(85)66(40)44)107(91)109(95)96/h1-34H. The Balaban J connectivity index is 0.836. The van der Waals surface area contributed by atoms with Crippen molar-refractivity contribution >= 4 is 431 Å². The molecule has 0 radical (unpaired) electrons. The Morgan fingerprint density at radius 2 is 0.114 bits per heavy atom. The normalized spacial score (nSPS) is 15.0. The molecule has 41 rings (SSSR count). The minimum atomic E-state index is 1.37. The van der Waals surface area contributed by atoms with Gasteiger partial charge in [-0.3, -0.25) is 0 Å². The van der Waals surface area contributed by atoms with Gasteiger partial charge in [0.1, 0.15) is 0 Å². The van der Waals surface area contributed by atoms with Crippen LogP contribution in [0, 0.1) is 0 Å². The van der Waals surface area contributed by atoms with Crippen LogP contribution in [-0.4, -0.2) is 0 Å². The highest BCUT2D eigenvalue weighted by atomic mass is 14.5. The van der Waals surface area contributed by atoms with Crippen LogP contribution >= 0.6 is 0 Å². The molecule has 0 bridgehead atoms. The van der Waals surface area contributed by atoms with Crippen molar-refractivity contribution in [3.63, 3.8) is 0 Å². The maximum absolute atomic E-state index is 2.65. The van der Waals surface area contributed by atoms with Crippen LogP contribution in [0.4, 0.5) is 0 Å². The third kappa shape index (κ3) is 3.82. The Labute approximate surface area is 632 Å². The lowest BCUT2D eigenvalue weighted by molar-refractivity contribution is 1.83. The Bertz CT molecular complexity index is 10700. The maximum atomic E-state index is 2.65. The minimum Gasteiger partial charge on any atom is -0.0610 e. The molecule has 0 saturated heterocycles. The Morgan fingerprint density at radius 3 is 0.202 bits per heavy atom. The molecule has 41 aromatic rings. The Morgan fingerprint density at radius 1 is 0.0526 bits per heavy atom. The molecule has 0 nitrogen and oxygen atoms in total. The SMILES string of the molecule is c1cc2c3cccc4c5ccc6c7ccc8c9ccc%10c%11ccc%12c%13cccc%14c%15cccc%16c%17cccc%18c%19ccc%20c%21ccc%22c%23ccc%24c%25ccc%26c%27cccc%28c(c1)c2c1c(c34)c2c5c6c3c4c7c8c5c6c9c%10c7c8c%11c%12c9c(c%14%13)c(c%15%16)c(c%17%18)c%10c%19c%20c(c%11c%21c%22c(c%12c%23c%24c(c%13c%25c%26c(c1c%28%27)c2c3%13)c4c5%12)c6c7%11)c8c9%10. The van der Waals surface area contributed by atoms with Crippen molar-refractivity contribution in [1.82, 2.24) is 0 Å². The highest BCUT2D eigenvalue weighted by Gasteiger charge is 2.44. The van der Waals surface area contributed by atoms with E-state index in [1.165, 1.54) is 431 Å². The van der Waals surface area contributed by atoms with Crippen molar-refractivity contribution in [2.75, 3.05) is 0 Å². The van der Waals surface area contributed by atoms with E-state index in [-0.39, 0.29) is 0 Å². The van der Waals surface area contributed by atoms with Crippen molar-refractivity contribution in [3.05, 3.63) is 206 Å². The second-order valence-corrected chi connectivity index (χ2v) is 36.9. The topological polar surface area (TPSA) is 0 Å². The van der Waals surface area contributed by atoms with Gasteiger partial charge in [0, 0.05) is 0 Å². The molecule has 41 aromatic carbocycles. The fraction of sp³-hybridized carbons (Fsp3) is 0. The highest BCUT2D eigenvalue weighted by molar-refractivity contribution is 6.76. The molecule has 0 fully saturated rings. The Kier molecular flexibility index (Phi) is 5.98. The molecule has 0 saturated carbocycles. The first-order chi connectivity index (χ1) is 56.8. The first-order valence-corrected chi connectivity index (χ1v) is 41.2. The lowest BCUT2D eigenvalue weighted by Crippen LogP contribution is -2.06. The van der Waals surface area contributed by atoms with Crippen LogP contribution in [0.15, 0.2) is 206 Å². The third-order valence-corrected chi connectivity index (χ3v) is 34.1. The van der Waals surface area contributed by atoms with Gasteiger partial charge in [-0.25, -0.2) is 0 Å². The molecule has 0 aliphatic rings. The van der Waals surface area contributed by atoms with E-state index in [1.807, 2.05) is 0 Å². The van der Waals surface area contributed by atoms with E-state index in [0.29, 0.717) is 0 Å². The lowest BCUT2D eigenvalue weighted by Gasteiger charge is -2.36. The molecular formula is C114H34. The molecule has 490 valence electrons. The first-order valence-electron chi connectivity index (χ1n) is 41.2. The van der Waals surface area contributed by atoms with Gasteiger partial charge in [0.2, 0.25) is 0 Å². The average Bonchev–Trinajstić information content (AvgIpc) is 0.613. The van der Waals surface area contributed by atoms with Crippen LogP contribution in [0.1, 0.15) is 0 Å². The minimum absolute atomic E-state index is 1.37. The molecule has 0 aliphatic carbocycles. The summed E-state index contributed by atoms with van der Waals surface area (Å²) >= 11 is 0. The van der Waals surface area contributed by atoms with E-state index in [9.17, 15) is 0 Å². The highest BCUT2D eigenvalue weighted by Crippen LogP contribution is 2.73. The van der Waals surface area contributed by atoms with Crippen molar-refractivity contribution in [1.29, 1.82) is 0 Å². The molecular weight excluding hydrogens is 1370 g/mol. The lowest BCUT2D eigenvalue weighted by atomic mass is 9.66. The molecule has 0 aliphatic heterocycles. The molecule has 0 amide bonds. The summed E-state index contributed by atoms with van der Waals surface area (Å²) in [6, 6.07) is 85.8. The van der Waals surface area contributed by atoms with Gasteiger partial charge >= 0.3 is 0 Å². The zero-order chi connectivity index (χ0) is 70.2. The molecule has 0 aromatic heterocycles. The fourth-order valence-corrected chi connectivity index (χ4v) is 31.4. The van der Waals surface area contributed by atoms with E-state index < -0.39 is 0 Å². The van der Waals surface area contributed by atoms with Crippen LogP contribution in [0.5, 0.6) is 0 Å².